The first-order valence-electron chi connectivity index (χ1n) is 8.95. The van der Waals surface area contributed by atoms with Gasteiger partial charge in [0.15, 0.2) is 11.5 Å². The van der Waals surface area contributed by atoms with E-state index in [9.17, 15) is 4.79 Å². The number of para-hydroxylation sites is 1. The number of rotatable bonds is 3. The number of fused-ring (bicyclic) bond motifs is 1. The summed E-state index contributed by atoms with van der Waals surface area (Å²) in [5, 5.41) is 0. The van der Waals surface area contributed by atoms with Gasteiger partial charge in [-0.3, -0.25) is 4.79 Å². The maximum Gasteiger partial charge on any atom is 0.257 e. The number of amides is 1. The Hall–Kier alpha value is -2.49. The molecule has 4 nitrogen and oxygen atoms in total. The van der Waals surface area contributed by atoms with Crippen molar-refractivity contribution in [3.8, 4) is 11.5 Å². The first-order chi connectivity index (χ1) is 12.2. The highest BCUT2D eigenvalue weighted by Gasteiger charge is 2.30. The van der Waals surface area contributed by atoms with Gasteiger partial charge in [0.05, 0.1) is 5.56 Å². The van der Waals surface area contributed by atoms with Gasteiger partial charge >= 0.3 is 0 Å². The van der Waals surface area contributed by atoms with E-state index in [2.05, 4.69) is 30.3 Å². The Bertz CT molecular complexity index is 751. The van der Waals surface area contributed by atoms with E-state index in [1.54, 1.807) is 0 Å². The lowest BCUT2D eigenvalue weighted by atomic mass is 9.81. The fraction of sp³-hybridized carbons (Fsp3) is 0.381. The smallest absolute Gasteiger partial charge is 0.257 e. The summed E-state index contributed by atoms with van der Waals surface area (Å²) in [5.74, 6) is 1.87. The molecule has 2 aliphatic rings. The van der Waals surface area contributed by atoms with Crippen LogP contribution < -0.4 is 9.47 Å². The minimum atomic E-state index is 0.0190. The molecule has 1 aliphatic heterocycles. The Morgan fingerprint density at radius 1 is 0.960 bits per heavy atom. The molecule has 2 aromatic carbocycles. The standard InChI is InChI=1S/C21H23NO3/c1-22(21(23)18-8-5-9-19-20(18)25-14-24-19)17-12-10-16(11-13-17)15-6-3-2-4-7-15/h2-9,16-17H,10-14H2,1H3. The molecule has 2 aromatic rings. The number of nitrogens with zero attached hydrogens (tertiary/aromatic N) is 1. The van der Waals surface area contributed by atoms with Gasteiger partial charge in [-0.15, -0.1) is 0 Å². The Morgan fingerprint density at radius 2 is 1.72 bits per heavy atom. The molecular weight excluding hydrogens is 314 g/mol. The molecule has 1 aliphatic carbocycles. The van der Waals surface area contributed by atoms with E-state index < -0.39 is 0 Å². The molecule has 0 bridgehead atoms. The van der Waals surface area contributed by atoms with Gasteiger partial charge in [0.1, 0.15) is 0 Å². The van der Waals surface area contributed by atoms with Crippen LogP contribution in [0.4, 0.5) is 0 Å². The second kappa shape index (κ2) is 6.79. The van der Waals surface area contributed by atoms with Gasteiger partial charge in [0.2, 0.25) is 6.79 Å². The van der Waals surface area contributed by atoms with Crippen molar-refractivity contribution < 1.29 is 14.3 Å². The largest absolute Gasteiger partial charge is 0.454 e. The van der Waals surface area contributed by atoms with Crippen molar-refractivity contribution in [2.24, 2.45) is 0 Å². The molecule has 1 saturated carbocycles. The van der Waals surface area contributed by atoms with Crippen molar-refractivity contribution in [2.75, 3.05) is 13.8 Å². The van der Waals surface area contributed by atoms with E-state index in [-0.39, 0.29) is 18.7 Å². The number of hydrogen-bond donors (Lipinski definition) is 0. The number of ether oxygens (including phenoxy) is 2. The van der Waals surface area contributed by atoms with E-state index >= 15 is 0 Å². The number of carbonyl (C=O) groups excluding carboxylic acids is 1. The van der Waals surface area contributed by atoms with E-state index in [0.717, 1.165) is 25.7 Å². The predicted molar refractivity (Wildman–Crippen MR) is 96.1 cm³/mol. The average molecular weight is 337 g/mol. The van der Waals surface area contributed by atoms with E-state index in [4.69, 9.17) is 9.47 Å². The molecule has 4 heteroatoms. The predicted octanol–water partition coefficient (Wildman–Crippen LogP) is 4.21. The lowest BCUT2D eigenvalue weighted by molar-refractivity contribution is 0.0685. The highest BCUT2D eigenvalue weighted by atomic mass is 16.7. The molecule has 0 aromatic heterocycles. The fourth-order valence-electron chi connectivity index (χ4n) is 3.98. The van der Waals surface area contributed by atoms with Crippen LogP contribution in [0.1, 0.15) is 47.5 Å². The molecule has 25 heavy (non-hydrogen) atoms. The monoisotopic (exact) mass is 337 g/mol. The topological polar surface area (TPSA) is 38.8 Å². The van der Waals surface area contributed by atoms with Gasteiger partial charge in [-0.1, -0.05) is 36.4 Å². The quantitative estimate of drug-likeness (QED) is 0.842. The Labute approximate surface area is 148 Å². The van der Waals surface area contributed by atoms with Gasteiger partial charge in [-0.2, -0.15) is 0 Å². The summed E-state index contributed by atoms with van der Waals surface area (Å²) in [6.07, 6.45) is 4.32. The van der Waals surface area contributed by atoms with Crippen LogP contribution >= 0.6 is 0 Å². The third kappa shape index (κ3) is 3.09. The molecule has 0 N–H and O–H groups in total. The zero-order valence-corrected chi connectivity index (χ0v) is 14.5. The second-order valence-corrected chi connectivity index (χ2v) is 6.87. The van der Waals surface area contributed by atoms with Crippen LogP contribution in [-0.4, -0.2) is 30.7 Å². The third-order valence-corrected chi connectivity index (χ3v) is 5.46. The van der Waals surface area contributed by atoms with Crippen molar-refractivity contribution in [1.82, 2.24) is 4.90 Å². The zero-order chi connectivity index (χ0) is 17.2. The van der Waals surface area contributed by atoms with Crippen LogP contribution in [0.15, 0.2) is 48.5 Å². The molecule has 0 radical (unpaired) electrons. The van der Waals surface area contributed by atoms with Gasteiger partial charge in [-0.25, -0.2) is 0 Å². The molecule has 0 atom stereocenters. The number of hydrogen-bond acceptors (Lipinski definition) is 3. The van der Waals surface area contributed by atoms with E-state index in [0.29, 0.717) is 23.0 Å². The summed E-state index contributed by atoms with van der Waals surface area (Å²) in [6.45, 7) is 0.186. The second-order valence-electron chi connectivity index (χ2n) is 6.87. The van der Waals surface area contributed by atoms with Crippen molar-refractivity contribution in [3.05, 3.63) is 59.7 Å². The zero-order valence-electron chi connectivity index (χ0n) is 14.5. The third-order valence-electron chi connectivity index (χ3n) is 5.46. The van der Waals surface area contributed by atoms with Gasteiger partial charge in [-0.05, 0) is 49.3 Å². The molecule has 130 valence electrons. The highest BCUT2D eigenvalue weighted by Crippen LogP contribution is 2.38. The van der Waals surface area contributed by atoms with Gasteiger partial charge in [0.25, 0.3) is 5.91 Å². The van der Waals surface area contributed by atoms with Crippen LogP contribution in [0.2, 0.25) is 0 Å². The van der Waals surface area contributed by atoms with Gasteiger partial charge in [0, 0.05) is 13.1 Å². The summed E-state index contributed by atoms with van der Waals surface area (Å²) in [5.41, 5.74) is 2.02. The Morgan fingerprint density at radius 3 is 2.48 bits per heavy atom. The highest BCUT2D eigenvalue weighted by molar-refractivity contribution is 5.98. The molecule has 0 spiro atoms. The van der Waals surface area contributed by atoms with Crippen LogP contribution in [0.25, 0.3) is 0 Å². The van der Waals surface area contributed by atoms with Crippen molar-refractivity contribution in [1.29, 1.82) is 0 Å². The van der Waals surface area contributed by atoms with Crippen molar-refractivity contribution >= 4 is 5.91 Å². The molecule has 1 heterocycles. The van der Waals surface area contributed by atoms with Crippen LogP contribution in [0.5, 0.6) is 11.5 Å². The van der Waals surface area contributed by atoms with Crippen LogP contribution in [0, 0.1) is 0 Å². The molecule has 0 saturated heterocycles. The number of benzene rings is 2. The molecule has 1 amide bonds. The Kier molecular flexibility index (Phi) is 4.35. The fourth-order valence-corrected chi connectivity index (χ4v) is 3.98. The van der Waals surface area contributed by atoms with Gasteiger partial charge < -0.3 is 14.4 Å². The minimum absolute atomic E-state index is 0.0190. The summed E-state index contributed by atoms with van der Waals surface area (Å²) >= 11 is 0. The van der Waals surface area contributed by atoms with Crippen molar-refractivity contribution in [3.63, 3.8) is 0 Å². The van der Waals surface area contributed by atoms with Crippen molar-refractivity contribution in [2.45, 2.75) is 37.6 Å². The average Bonchev–Trinajstić information content (AvgIpc) is 3.16. The maximum absolute atomic E-state index is 12.9. The number of carbonyl (C=O) groups is 1. The van der Waals surface area contributed by atoms with Crippen LogP contribution in [-0.2, 0) is 0 Å². The SMILES string of the molecule is CN(C(=O)c1cccc2c1OCO2)C1CCC(c2ccccc2)CC1. The molecule has 0 unspecified atom stereocenters. The van der Waals surface area contributed by atoms with E-state index in [1.807, 2.05) is 30.1 Å². The Balaban J connectivity index is 1.43. The summed E-state index contributed by atoms with van der Waals surface area (Å²) in [4.78, 5) is 14.8. The normalized spacial score (nSPS) is 21.8. The lowest BCUT2D eigenvalue weighted by Gasteiger charge is -2.35. The summed E-state index contributed by atoms with van der Waals surface area (Å²) in [7, 11) is 1.91. The minimum Gasteiger partial charge on any atom is -0.454 e. The molecule has 1 fully saturated rings. The summed E-state index contributed by atoms with van der Waals surface area (Å²) < 4.78 is 10.9. The molecule has 4 rings (SSSR count). The maximum atomic E-state index is 12.9. The molecular formula is C21H23NO3. The first-order valence-corrected chi connectivity index (χ1v) is 8.95. The summed E-state index contributed by atoms with van der Waals surface area (Å²) in [6, 6.07) is 16.5. The lowest BCUT2D eigenvalue weighted by Crippen LogP contribution is -2.39. The van der Waals surface area contributed by atoms with E-state index in [1.165, 1.54) is 5.56 Å². The van der Waals surface area contributed by atoms with Crippen LogP contribution in [0.3, 0.4) is 0 Å². The first kappa shape index (κ1) is 16.0.